The van der Waals surface area contributed by atoms with Gasteiger partial charge >= 0.3 is 0 Å². The Labute approximate surface area is 91.9 Å². The lowest BCUT2D eigenvalue weighted by molar-refractivity contribution is 0.490. The van der Waals surface area contributed by atoms with Gasteiger partial charge in [0, 0.05) is 6.04 Å². The van der Waals surface area contributed by atoms with Gasteiger partial charge in [0.05, 0.1) is 12.1 Å². The molecule has 2 heteroatoms. The molecule has 80 valence electrons. The van der Waals surface area contributed by atoms with Gasteiger partial charge in [-0.15, -0.1) is 0 Å². The molecule has 0 saturated carbocycles. The number of nitrogens with one attached hydrogen (secondary N) is 1. The number of benzene rings is 1. The molecule has 2 nitrogen and oxygen atoms in total. The Morgan fingerprint density at radius 1 is 1.33 bits per heavy atom. The van der Waals surface area contributed by atoms with Crippen molar-refractivity contribution < 1.29 is 0 Å². The van der Waals surface area contributed by atoms with Crippen LogP contribution >= 0.6 is 0 Å². The molecule has 0 saturated heterocycles. The summed E-state index contributed by atoms with van der Waals surface area (Å²) in [6, 6.07) is 12.9. The molecule has 0 spiro atoms. The van der Waals surface area contributed by atoms with E-state index in [9.17, 15) is 0 Å². The molecule has 0 unspecified atom stereocenters. The van der Waals surface area contributed by atoms with Crippen LogP contribution in [-0.2, 0) is 6.42 Å². The van der Waals surface area contributed by atoms with Gasteiger partial charge in [0.15, 0.2) is 0 Å². The molecule has 0 radical (unpaired) electrons. The van der Waals surface area contributed by atoms with E-state index >= 15 is 0 Å². The van der Waals surface area contributed by atoms with Gasteiger partial charge in [-0.1, -0.05) is 37.3 Å². The fourth-order valence-corrected chi connectivity index (χ4v) is 1.62. The van der Waals surface area contributed by atoms with Crippen molar-refractivity contribution >= 4 is 0 Å². The van der Waals surface area contributed by atoms with Crippen molar-refractivity contribution in [2.45, 2.75) is 38.8 Å². The van der Waals surface area contributed by atoms with E-state index < -0.39 is 0 Å². The highest BCUT2D eigenvalue weighted by Gasteiger charge is 2.08. The molecule has 1 rings (SSSR count). The van der Waals surface area contributed by atoms with Crippen LogP contribution in [0.5, 0.6) is 0 Å². The summed E-state index contributed by atoms with van der Waals surface area (Å²) >= 11 is 0. The number of hydrogen-bond acceptors (Lipinski definition) is 2. The van der Waals surface area contributed by atoms with Gasteiger partial charge in [0.1, 0.15) is 0 Å². The van der Waals surface area contributed by atoms with Gasteiger partial charge in [0.25, 0.3) is 0 Å². The molecule has 1 aromatic rings. The van der Waals surface area contributed by atoms with Crippen LogP contribution in [0.4, 0.5) is 0 Å². The first-order chi connectivity index (χ1) is 7.26. The predicted octanol–water partition coefficient (Wildman–Crippen LogP) is 2.51. The highest BCUT2D eigenvalue weighted by Crippen LogP contribution is 2.03. The van der Waals surface area contributed by atoms with E-state index in [0.717, 1.165) is 12.8 Å². The van der Waals surface area contributed by atoms with Crippen molar-refractivity contribution in [3.63, 3.8) is 0 Å². The summed E-state index contributed by atoms with van der Waals surface area (Å²) in [6.07, 6.45) is 1.83. The summed E-state index contributed by atoms with van der Waals surface area (Å²) in [7, 11) is 0. The number of nitrogens with zero attached hydrogens (tertiary/aromatic N) is 1. The van der Waals surface area contributed by atoms with E-state index in [0.29, 0.717) is 6.04 Å². The van der Waals surface area contributed by atoms with E-state index in [-0.39, 0.29) is 6.04 Å². The molecule has 0 fully saturated rings. The van der Waals surface area contributed by atoms with Gasteiger partial charge in [-0.3, -0.25) is 5.32 Å². The minimum absolute atomic E-state index is 0.0243. The van der Waals surface area contributed by atoms with Crippen LogP contribution in [0.2, 0.25) is 0 Å². The lowest BCUT2D eigenvalue weighted by Crippen LogP contribution is -2.36. The predicted molar refractivity (Wildman–Crippen MR) is 62.4 cm³/mol. The molecule has 0 bridgehead atoms. The third-order valence-electron chi connectivity index (χ3n) is 2.43. The zero-order chi connectivity index (χ0) is 11.1. The van der Waals surface area contributed by atoms with Crippen LogP contribution in [0.1, 0.15) is 25.8 Å². The average molecular weight is 202 g/mol. The van der Waals surface area contributed by atoms with E-state index in [4.69, 9.17) is 5.26 Å². The second kappa shape index (κ2) is 6.21. The standard InChI is InChI=1S/C13H18N2/c1-3-13(10-14)15-11(2)9-12-7-5-4-6-8-12/h4-8,11,13,15H,3,9H2,1-2H3/t11-,13-/m0/s1. The monoisotopic (exact) mass is 202 g/mol. The SMILES string of the molecule is CC[C@@H](C#N)N[C@@H](C)Cc1ccccc1. The fraction of sp³-hybridized carbons (Fsp3) is 0.462. The zero-order valence-corrected chi connectivity index (χ0v) is 9.40. The van der Waals surface area contributed by atoms with Crippen molar-refractivity contribution in [2.24, 2.45) is 0 Å². The summed E-state index contributed by atoms with van der Waals surface area (Å²) in [5.41, 5.74) is 1.31. The van der Waals surface area contributed by atoms with Crippen LogP contribution in [-0.4, -0.2) is 12.1 Å². The molecule has 0 aromatic heterocycles. The van der Waals surface area contributed by atoms with Crippen LogP contribution < -0.4 is 5.32 Å². The molecular formula is C13H18N2. The van der Waals surface area contributed by atoms with Crippen molar-refractivity contribution in [2.75, 3.05) is 0 Å². The summed E-state index contributed by atoms with van der Waals surface area (Å²) in [5.74, 6) is 0. The van der Waals surface area contributed by atoms with Gasteiger partial charge in [-0.05, 0) is 25.3 Å². The van der Waals surface area contributed by atoms with Crippen molar-refractivity contribution in [1.82, 2.24) is 5.32 Å². The highest BCUT2D eigenvalue weighted by molar-refractivity contribution is 5.15. The average Bonchev–Trinajstić information content (AvgIpc) is 2.27. The van der Waals surface area contributed by atoms with E-state index in [1.54, 1.807) is 0 Å². The molecule has 0 heterocycles. The normalized spacial score (nSPS) is 14.2. The molecule has 2 atom stereocenters. The van der Waals surface area contributed by atoms with Crippen molar-refractivity contribution in [3.8, 4) is 6.07 Å². The topological polar surface area (TPSA) is 35.8 Å². The maximum atomic E-state index is 8.83. The number of rotatable bonds is 5. The summed E-state index contributed by atoms with van der Waals surface area (Å²) < 4.78 is 0. The van der Waals surface area contributed by atoms with E-state index in [1.165, 1.54) is 5.56 Å². The minimum Gasteiger partial charge on any atom is -0.299 e. The molecule has 0 aliphatic carbocycles. The molecular weight excluding hydrogens is 184 g/mol. The second-order valence-corrected chi connectivity index (χ2v) is 3.85. The van der Waals surface area contributed by atoms with Crippen molar-refractivity contribution in [3.05, 3.63) is 35.9 Å². The molecule has 1 aromatic carbocycles. The first-order valence-corrected chi connectivity index (χ1v) is 5.45. The van der Waals surface area contributed by atoms with Gasteiger partial charge in [-0.25, -0.2) is 0 Å². The number of hydrogen-bond donors (Lipinski definition) is 1. The quantitative estimate of drug-likeness (QED) is 0.796. The Bertz CT molecular complexity index is 313. The van der Waals surface area contributed by atoms with Crippen LogP contribution in [0.15, 0.2) is 30.3 Å². The first-order valence-electron chi connectivity index (χ1n) is 5.45. The zero-order valence-electron chi connectivity index (χ0n) is 9.40. The summed E-state index contributed by atoms with van der Waals surface area (Å²) in [6.45, 7) is 4.14. The molecule has 15 heavy (non-hydrogen) atoms. The maximum absolute atomic E-state index is 8.83. The Hall–Kier alpha value is -1.33. The Balaban J connectivity index is 2.43. The maximum Gasteiger partial charge on any atom is 0.0952 e. The number of nitriles is 1. The Morgan fingerprint density at radius 2 is 2.00 bits per heavy atom. The molecule has 0 aliphatic rings. The van der Waals surface area contributed by atoms with E-state index in [2.05, 4.69) is 30.4 Å². The largest absolute Gasteiger partial charge is 0.299 e. The van der Waals surface area contributed by atoms with Crippen molar-refractivity contribution in [1.29, 1.82) is 5.26 Å². The van der Waals surface area contributed by atoms with Crippen LogP contribution in [0.3, 0.4) is 0 Å². The Kier molecular flexibility index (Phi) is 4.86. The summed E-state index contributed by atoms with van der Waals surface area (Å²) in [5, 5.41) is 12.1. The lowest BCUT2D eigenvalue weighted by Gasteiger charge is -2.16. The minimum atomic E-state index is -0.0243. The van der Waals surface area contributed by atoms with Crippen LogP contribution in [0, 0.1) is 11.3 Å². The molecule has 0 amide bonds. The molecule has 0 aliphatic heterocycles. The molecule has 1 N–H and O–H groups in total. The summed E-state index contributed by atoms with van der Waals surface area (Å²) in [4.78, 5) is 0. The smallest absolute Gasteiger partial charge is 0.0952 e. The van der Waals surface area contributed by atoms with Gasteiger partial charge in [0.2, 0.25) is 0 Å². The lowest BCUT2D eigenvalue weighted by atomic mass is 10.1. The fourth-order valence-electron chi connectivity index (χ4n) is 1.62. The van der Waals surface area contributed by atoms with Crippen LogP contribution in [0.25, 0.3) is 0 Å². The van der Waals surface area contributed by atoms with Gasteiger partial charge < -0.3 is 0 Å². The Morgan fingerprint density at radius 3 is 2.53 bits per heavy atom. The van der Waals surface area contributed by atoms with E-state index in [1.807, 2.05) is 25.1 Å². The highest BCUT2D eigenvalue weighted by atomic mass is 14.9. The third-order valence-corrected chi connectivity index (χ3v) is 2.43. The second-order valence-electron chi connectivity index (χ2n) is 3.85. The first kappa shape index (κ1) is 11.7. The third kappa shape index (κ3) is 4.14. The van der Waals surface area contributed by atoms with Gasteiger partial charge in [-0.2, -0.15) is 5.26 Å².